The van der Waals surface area contributed by atoms with Crippen molar-refractivity contribution in [1.82, 2.24) is 4.98 Å². The van der Waals surface area contributed by atoms with E-state index in [-0.39, 0.29) is 6.04 Å². The number of hydrogen-bond acceptors (Lipinski definition) is 3. The Morgan fingerprint density at radius 3 is 2.04 bits per heavy atom. The van der Waals surface area contributed by atoms with Gasteiger partial charge in [0.15, 0.2) is 0 Å². The van der Waals surface area contributed by atoms with Gasteiger partial charge in [0.1, 0.15) is 5.69 Å². The average molecular weight is 325 g/mol. The van der Waals surface area contributed by atoms with E-state index < -0.39 is 29.2 Å². The first-order valence-electron chi connectivity index (χ1n) is 7.33. The lowest BCUT2D eigenvalue weighted by Gasteiger charge is -2.34. The fraction of sp³-hybridized carbons (Fsp3) is 0.312. The van der Waals surface area contributed by atoms with Crippen LogP contribution in [0.15, 0.2) is 30.3 Å². The lowest BCUT2D eigenvalue weighted by atomic mass is 10.0. The van der Waals surface area contributed by atoms with Gasteiger partial charge in [-0.1, -0.05) is 18.2 Å². The van der Waals surface area contributed by atoms with Gasteiger partial charge in [-0.05, 0) is 25.0 Å². The van der Waals surface area contributed by atoms with E-state index in [1.54, 1.807) is 0 Å². The summed E-state index contributed by atoms with van der Waals surface area (Å²) < 4.78 is 54.0. The number of para-hydroxylation sites is 1. The van der Waals surface area contributed by atoms with Gasteiger partial charge in [0.05, 0.1) is 0 Å². The summed E-state index contributed by atoms with van der Waals surface area (Å²) in [4.78, 5) is 3.90. The third kappa shape index (κ3) is 3.23. The van der Waals surface area contributed by atoms with E-state index in [0.29, 0.717) is 25.9 Å². The zero-order valence-corrected chi connectivity index (χ0v) is 12.2. The predicted molar refractivity (Wildman–Crippen MR) is 79.4 cm³/mol. The van der Waals surface area contributed by atoms with Crippen LogP contribution in [-0.4, -0.2) is 24.1 Å². The summed E-state index contributed by atoms with van der Waals surface area (Å²) >= 11 is 0. The van der Waals surface area contributed by atoms with Gasteiger partial charge in [0, 0.05) is 24.8 Å². The maximum absolute atomic E-state index is 13.8. The number of benzene rings is 1. The monoisotopic (exact) mass is 325 g/mol. The minimum absolute atomic E-state index is 0.135. The van der Waals surface area contributed by atoms with Crippen molar-refractivity contribution in [1.29, 1.82) is 0 Å². The number of pyridine rings is 1. The molecule has 7 heteroatoms. The molecule has 1 N–H and O–H groups in total. The van der Waals surface area contributed by atoms with Gasteiger partial charge in [0.2, 0.25) is 11.6 Å². The van der Waals surface area contributed by atoms with Crippen LogP contribution in [0.4, 0.5) is 28.9 Å². The van der Waals surface area contributed by atoms with Crippen LogP contribution >= 0.6 is 0 Å². The minimum Gasteiger partial charge on any atom is -0.382 e. The molecule has 1 fully saturated rings. The third-order valence-corrected chi connectivity index (χ3v) is 3.93. The standard InChI is InChI=1S/C16H15F4N3/c17-12-14(13(18)16(20)22-15(12)19)23-8-6-11(7-9-23)21-10-4-2-1-3-5-10/h1-5,11,21H,6-9H2. The molecular weight excluding hydrogens is 310 g/mol. The van der Waals surface area contributed by atoms with Gasteiger partial charge >= 0.3 is 0 Å². The molecule has 2 aromatic rings. The molecule has 23 heavy (non-hydrogen) atoms. The highest BCUT2D eigenvalue weighted by atomic mass is 19.2. The number of rotatable bonds is 3. The van der Waals surface area contributed by atoms with Crippen LogP contribution in [0.2, 0.25) is 0 Å². The van der Waals surface area contributed by atoms with Crippen LogP contribution in [0.25, 0.3) is 0 Å². The van der Waals surface area contributed by atoms with Crippen LogP contribution in [-0.2, 0) is 0 Å². The summed E-state index contributed by atoms with van der Waals surface area (Å²) in [5.74, 6) is -6.14. The molecule has 1 aromatic heterocycles. The van der Waals surface area contributed by atoms with E-state index in [9.17, 15) is 17.6 Å². The molecule has 1 aliphatic rings. The highest BCUT2D eigenvalue weighted by Gasteiger charge is 2.28. The van der Waals surface area contributed by atoms with E-state index in [0.717, 1.165) is 5.69 Å². The second-order valence-corrected chi connectivity index (χ2v) is 5.44. The molecule has 3 rings (SSSR count). The summed E-state index contributed by atoms with van der Waals surface area (Å²) in [6.45, 7) is 0.586. The molecule has 1 aliphatic heterocycles. The molecule has 3 nitrogen and oxygen atoms in total. The molecule has 1 aromatic carbocycles. The van der Waals surface area contributed by atoms with Crippen molar-refractivity contribution in [3.8, 4) is 0 Å². The Bertz CT molecular complexity index is 659. The number of halogens is 4. The van der Waals surface area contributed by atoms with Gasteiger partial charge in [-0.15, -0.1) is 0 Å². The first-order chi connectivity index (χ1) is 11.1. The fourth-order valence-corrected chi connectivity index (χ4v) is 2.77. The number of piperidine rings is 1. The van der Waals surface area contributed by atoms with Crippen LogP contribution in [0.1, 0.15) is 12.8 Å². The smallest absolute Gasteiger partial charge is 0.253 e. The van der Waals surface area contributed by atoms with Crippen molar-refractivity contribution in [2.24, 2.45) is 0 Å². The topological polar surface area (TPSA) is 28.2 Å². The molecule has 122 valence electrons. The molecule has 0 saturated carbocycles. The molecule has 2 heterocycles. The molecule has 0 radical (unpaired) electrons. The average Bonchev–Trinajstić information content (AvgIpc) is 2.56. The second-order valence-electron chi connectivity index (χ2n) is 5.44. The zero-order chi connectivity index (χ0) is 16.4. The highest BCUT2D eigenvalue weighted by molar-refractivity contribution is 5.50. The summed E-state index contributed by atoms with van der Waals surface area (Å²) in [6, 6.07) is 9.72. The first kappa shape index (κ1) is 15.6. The Labute approximate surface area is 130 Å². The third-order valence-electron chi connectivity index (χ3n) is 3.93. The summed E-state index contributed by atoms with van der Waals surface area (Å²) in [7, 11) is 0. The second kappa shape index (κ2) is 6.44. The van der Waals surface area contributed by atoms with Crippen LogP contribution in [0, 0.1) is 23.5 Å². The molecule has 0 unspecified atom stereocenters. The van der Waals surface area contributed by atoms with E-state index in [1.807, 2.05) is 30.3 Å². The summed E-state index contributed by atoms with van der Waals surface area (Å²) in [6.07, 6.45) is 1.19. The van der Waals surface area contributed by atoms with E-state index in [1.165, 1.54) is 4.90 Å². The van der Waals surface area contributed by atoms with Crippen LogP contribution < -0.4 is 10.2 Å². The number of hydrogen-bond donors (Lipinski definition) is 1. The zero-order valence-electron chi connectivity index (χ0n) is 12.2. The molecule has 0 amide bonds. The largest absolute Gasteiger partial charge is 0.382 e. The Hall–Kier alpha value is -2.31. The molecular formula is C16H15F4N3. The van der Waals surface area contributed by atoms with Gasteiger partial charge in [-0.3, -0.25) is 0 Å². The van der Waals surface area contributed by atoms with Crippen LogP contribution in [0.3, 0.4) is 0 Å². The predicted octanol–water partition coefficient (Wildman–Crippen LogP) is 3.72. The lowest BCUT2D eigenvalue weighted by Crippen LogP contribution is -2.40. The van der Waals surface area contributed by atoms with Crippen molar-refractivity contribution in [3.05, 3.63) is 53.9 Å². The fourth-order valence-electron chi connectivity index (χ4n) is 2.77. The number of nitrogens with one attached hydrogen (secondary N) is 1. The SMILES string of the molecule is Fc1nc(F)c(F)c(N2CCC(Nc3ccccc3)CC2)c1F. The summed E-state index contributed by atoms with van der Waals surface area (Å²) in [5, 5.41) is 3.33. The Kier molecular flexibility index (Phi) is 4.36. The number of aromatic nitrogens is 1. The van der Waals surface area contributed by atoms with E-state index >= 15 is 0 Å². The Morgan fingerprint density at radius 1 is 0.913 bits per heavy atom. The molecule has 1 saturated heterocycles. The van der Waals surface area contributed by atoms with Gasteiger partial charge in [-0.2, -0.15) is 22.5 Å². The highest BCUT2D eigenvalue weighted by Crippen LogP contribution is 2.29. The van der Waals surface area contributed by atoms with Crippen LogP contribution in [0.5, 0.6) is 0 Å². The quantitative estimate of drug-likeness (QED) is 0.689. The van der Waals surface area contributed by atoms with Gasteiger partial charge < -0.3 is 10.2 Å². The molecule has 0 aliphatic carbocycles. The molecule has 0 atom stereocenters. The Morgan fingerprint density at radius 2 is 1.48 bits per heavy atom. The first-order valence-corrected chi connectivity index (χ1v) is 7.33. The van der Waals surface area contributed by atoms with E-state index in [4.69, 9.17) is 0 Å². The maximum Gasteiger partial charge on any atom is 0.253 e. The molecule has 0 spiro atoms. The van der Waals surface area contributed by atoms with Crippen molar-refractivity contribution < 1.29 is 17.6 Å². The van der Waals surface area contributed by atoms with Crippen molar-refractivity contribution in [3.63, 3.8) is 0 Å². The maximum atomic E-state index is 13.8. The normalized spacial score (nSPS) is 15.7. The summed E-state index contributed by atoms with van der Waals surface area (Å²) in [5.41, 5.74) is 0.289. The van der Waals surface area contributed by atoms with E-state index in [2.05, 4.69) is 10.3 Å². The van der Waals surface area contributed by atoms with Gasteiger partial charge in [0.25, 0.3) is 11.9 Å². The van der Waals surface area contributed by atoms with Crippen molar-refractivity contribution in [2.45, 2.75) is 18.9 Å². The molecule has 0 bridgehead atoms. The van der Waals surface area contributed by atoms with Crippen molar-refractivity contribution in [2.75, 3.05) is 23.3 Å². The van der Waals surface area contributed by atoms with Gasteiger partial charge in [-0.25, -0.2) is 0 Å². The number of anilines is 2. The van der Waals surface area contributed by atoms with Crippen molar-refractivity contribution >= 4 is 11.4 Å². The minimum atomic E-state index is -1.62. The number of nitrogens with zero attached hydrogens (tertiary/aromatic N) is 2. The Balaban J connectivity index is 1.70. The lowest BCUT2D eigenvalue weighted by molar-refractivity contribution is 0.400.